The zero-order valence-electron chi connectivity index (χ0n) is 25.8. The summed E-state index contributed by atoms with van der Waals surface area (Å²) < 4.78 is 11.4. The van der Waals surface area contributed by atoms with Crippen molar-refractivity contribution in [2.24, 2.45) is 0 Å². The quantitative estimate of drug-likeness (QED) is 0.183. The van der Waals surface area contributed by atoms with Crippen LogP contribution in [0, 0.1) is 0 Å². The first-order chi connectivity index (χ1) is 23.0. The Morgan fingerprint density at radius 1 is 0.596 bits per heavy atom. The summed E-state index contributed by atoms with van der Waals surface area (Å²) in [6.07, 6.45) is 5.74. The van der Waals surface area contributed by atoms with Gasteiger partial charge in [-0.1, -0.05) is 62.4 Å². The molecule has 47 heavy (non-hydrogen) atoms. The van der Waals surface area contributed by atoms with Crippen LogP contribution in [0.1, 0.15) is 25.0 Å². The molecule has 4 aromatic heterocycles. The number of hydrogen-bond donors (Lipinski definition) is 0. The summed E-state index contributed by atoms with van der Waals surface area (Å²) >= 11 is 1.86. The number of para-hydroxylation sites is 1. The van der Waals surface area contributed by atoms with E-state index in [1.165, 1.54) is 36.7 Å². The Morgan fingerprint density at radius 3 is 2.28 bits per heavy atom. The van der Waals surface area contributed by atoms with Gasteiger partial charge in [0.1, 0.15) is 23.0 Å². The van der Waals surface area contributed by atoms with E-state index in [2.05, 4.69) is 132 Å². The molecule has 5 nitrogen and oxygen atoms in total. The summed E-state index contributed by atoms with van der Waals surface area (Å²) in [6, 6.07) is 40.8. The summed E-state index contributed by atoms with van der Waals surface area (Å²) in [7, 11) is 0. The van der Waals surface area contributed by atoms with E-state index in [0.29, 0.717) is 0 Å². The predicted molar refractivity (Wildman–Crippen MR) is 194 cm³/mol. The molecule has 1 aliphatic heterocycles. The van der Waals surface area contributed by atoms with E-state index >= 15 is 0 Å². The monoisotopic (exact) mass is 624 g/mol. The molecule has 5 heterocycles. The number of thiophene rings is 1. The van der Waals surface area contributed by atoms with Crippen LogP contribution in [-0.4, -0.2) is 14.4 Å². The second-order valence-electron chi connectivity index (χ2n) is 12.7. The number of pyridine rings is 2. The van der Waals surface area contributed by atoms with Gasteiger partial charge in [0.2, 0.25) is 0 Å². The number of anilines is 3. The van der Waals surface area contributed by atoms with Crippen molar-refractivity contribution in [3.8, 4) is 11.5 Å². The molecule has 0 fully saturated rings. The molecule has 0 atom stereocenters. The molecule has 0 unspecified atom stereocenters. The Kier molecular flexibility index (Phi) is 5.44. The zero-order chi connectivity index (χ0) is 31.3. The van der Waals surface area contributed by atoms with Gasteiger partial charge in [0.25, 0.3) is 0 Å². The molecule has 9 aromatic rings. The fourth-order valence-corrected chi connectivity index (χ4v) is 8.62. The lowest BCUT2D eigenvalue weighted by Gasteiger charge is -2.41. The van der Waals surface area contributed by atoms with E-state index in [1.807, 2.05) is 36.0 Å². The molecule has 0 aliphatic carbocycles. The van der Waals surface area contributed by atoms with Gasteiger partial charge >= 0.3 is 0 Å². The van der Waals surface area contributed by atoms with Crippen LogP contribution in [0.25, 0.3) is 47.5 Å². The van der Waals surface area contributed by atoms with Crippen molar-refractivity contribution >= 4 is 76.0 Å². The maximum Gasteiger partial charge on any atom is 0.145 e. The van der Waals surface area contributed by atoms with Crippen molar-refractivity contribution in [3.05, 3.63) is 145 Å². The molecule has 0 saturated carbocycles. The number of aromatic nitrogens is 3. The highest BCUT2D eigenvalue weighted by atomic mass is 32.1. The van der Waals surface area contributed by atoms with Crippen LogP contribution in [0.2, 0.25) is 0 Å². The SMILES string of the molecule is CC1(C)c2ccc(Oc3ccc4c5ccccc5n5ccnc5c4c3)cc2N(c2ccccn2)c2cc3c(cc21)sc1ccccc13. The van der Waals surface area contributed by atoms with Gasteiger partial charge in [-0.2, -0.15) is 0 Å². The fourth-order valence-electron chi connectivity index (χ4n) is 7.49. The minimum absolute atomic E-state index is 0.241. The summed E-state index contributed by atoms with van der Waals surface area (Å²) in [6.45, 7) is 4.65. The minimum atomic E-state index is -0.241. The van der Waals surface area contributed by atoms with Gasteiger partial charge in [-0.15, -0.1) is 11.3 Å². The van der Waals surface area contributed by atoms with Crippen molar-refractivity contribution in [1.82, 2.24) is 14.4 Å². The van der Waals surface area contributed by atoms with E-state index in [1.54, 1.807) is 0 Å². The molecule has 0 saturated heterocycles. The Morgan fingerprint density at radius 2 is 1.38 bits per heavy atom. The number of ether oxygens (including phenoxy) is 1. The second kappa shape index (κ2) is 9.64. The van der Waals surface area contributed by atoms with Crippen molar-refractivity contribution in [2.45, 2.75) is 19.3 Å². The van der Waals surface area contributed by atoms with Gasteiger partial charge in [0.05, 0.1) is 16.9 Å². The topological polar surface area (TPSA) is 42.7 Å². The van der Waals surface area contributed by atoms with Gasteiger partial charge in [0.15, 0.2) is 0 Å². The van der Waals surface area contributed by atoms with E-state index < -0.39 is 0 Å². The van der Waals surface area contributed by atoms with Crippen LogP contribution in [0.5, 0.6) is 11.5 Å². The number of rotatable bonds is 3. The van der Waals surface area contributed by atoms with Crippen molar-refractivity contribution in [3.63, 3.8) is 0 Å². The molecule has 6 heteroatoms. The number of hydrogen-bond acceptors (Lipinski definition) is 5. The highest BCUT2D eigenvalue weighted by Gasteiger charge is 2.38. The first-order valence-corrected chi connectivity index (χ1v) is 16.6. The maximum absolute atomic E-state index is 6.66. The molecule has 10 rings (SSSR count). The smallest absolute Gasteiger partial charge is 0.145 e. The van der Waals surface area contributed by atoms with Gasteiger partial charge < -0.3 is 4.74 Å². The Hall–Kier alpha value is -5.72. The Balaban J connectivity index is 1.14. The first kappa shape index (κ1) is 26.5. The van der Waals surface area contributed by atoms with Crippen molar-refractivity contribution in [1.29, 1.82) is 0 Å². The molecular formula is C41H28N4OS. The number of fused-ring (bicyclic) bond motifs is 11. The van der Waals surface area contributed by atoms with E-state index in [0.717, 1.165) is 50.6 Å². The Bertz CT molecular complexity index is 2710. The Labute approximate surface area is 274 Å². The number of imidazole rings is 1. The lowest BCUT2D eigenvalue weighted by molar-refractivity contribution is 0.482. The molecule has 1 aliphatic rings. The minimum Gasteiger partial charge on any atom is -0.457 e. The molecule has 224 valence electrons. The second-order valence-corrected chi connectivity index (χ2v) is 13.8. The molecule has 5 aromatic carbocycles. The largest absolute Gasteiger partial charge is 0.457 e. The summed E-state index contributed by atoms with van der Waals surface area (Å²) in [5, 5.41) is 5.96. The van der Waals surface area contributed by atoms with Gasteiger partial charge in [-0.05, 0) is 77.2 Å². The summed E-state index contributed by atoms with van der Waals surface area (Å²) in [5.74, 6) is 2.41. The van der Waals surface area contributed by atoms with Gasteiger partial charge in [-0.3, -0.25) is 9.30 Å². The van der Waals surface area contributed by atoms with Crippen LogP contribution in [0.3, 0.4) is 0 Å². The third kappa shape index (κ3) is 3.82. The van der Waals surface area contributed by atoms with Crippen LogP contribution in [0.4, 0.5) is 17.2 Å². The standard InChI is InChI=1S/C41H28N4OS/c1-41(2)32-17-15-26(46-25-14-16-27-28-9-3-5-11-34(28)44-20-19-43-40(44)31(27)21-25)22-35(32)45(39-13-7-8-18-42-39)36-23-30-29-10-4-6-12-37(29)47-38(30)24-33(36)41/h3-24H,1-2H3. The average molecular weight is 625 g/mol. The van der Waals surface area contributed by atoms with Crippen LogP contribution in [0.15, 0.2) is 134 Å². The third-order valence-electron chi connectivity index (χ3n) is 9.73. The van der Waals surface area contributed by atoms with E-state index in [4.69, 9.17) is 14.7 Å². The van der Waals surface area contributed by atoms with Gasteiger partial charge in [0, 0.05) is 61.0 Å². The van der Waals surface area contributed by atoms with E-state index in [-0.39, 0.29) is 5.41 Å². The molecule has 0 N–H and O–H groups in total. The maximum atomic E-state index is 6.66. The van der Waals surface area contributed by atoms with Crippen LogP contribution < -0.4 is 9.64 Å². The summed E-state index contributed by atoms with van der Waals surface area (Å²) in [5.41, 5.74) is 6.55. The lowest BCUT2D eigenvalue weighted by atomic mass is 9.73. The molecule has 0 spiro atoms. The number of benzene rings is 5. The highest BCUT2D eigenvalue weighted by Crippen LogP contribution is 2.54. The predicted octanol–water partition coefficient (Wildman–Crippen LogP) is 11.3. The number of nitrogens with zero attached hydrogens (tertiary/aromatic N) is 4. The zero-order valence-corrected chi connectivity index (χ0v) is 26.6. The molecule has 0 bridgehead atoms. The normalized spacial score (nSPS) is 13.9. The van der Waals surface area contributed by atoms with Crippen LogP contribution >= 0.6 is 11.3 Å². The first-order valence-electron chi connectivity index (χ1n) is 15.8. The third-order valence-corrected chi connectivity index (χ3v) is 10.9. The van der Waals surface area contributed by atoms with Gasteiger partial charge in [-0.25, -0.2) is 9.97 Å². The molecule has 0 radical (unpaired) electrons. The molecular weight excluding hydrogens is 597 g/mol. The highest BCUT2D eigenvalue weighted by molar-refractivity contribution is 7.25. The van der Waals surface area contributed by atoms with Crippen LogP contribution in [-0.2, 0) is 5.41 Å². The van der Waals surface area contributed by atoms with Crippen molar-refractivity contribution in [2.75, 3.05) is 4.90 Å². The summed E-state index contributed by atoms with van der Waals surface area (Å²) in [4.78, 5) is 11.9. The van der Waals surface area contributed by atoms with Crippen molar-refractivity contribution < 1.29 is 4.74 Å². The average Bonchev–Trinajstić information content (AvgIpc) is 3.74. The van der Waals surface area contributed by atoms with E-state index in [9.17, 15) is 0 Å². The molecule has 0 amide bonds. The fraction of sp³-hybridized carbons (Fsp3) is 0.0732. The lowest BCUT2D eigenvalue weighted by Crippen LogP contribution is -2.31.